The van der Waals surface area contributed by atoms with E-state index < -0.39 is 0 Å². The van der Waals surface area contributed by atoms with Gasteiger partial charge in [0.15, 0.2) is 0 Å². The van der Waals surface area contributed by atoms with Gasteiger partial charge >= 0.3 is 0 Å². The van der Waals surface area contributed by atoms with Crippen LogP contribution in [0.1, 0.15) is 42.0 Å². The fraction of sp³-hybridized carbons (Fsp3) is 0.571. The molecule has 2 rings (SSSR count). The van der Waals surface area contributed by atoms with Crippen LogP contribution in [0, 0.1) is 13.8 Å². The van der Waals surface area contributed by atoms with Crippen LogP contribution >= 0.6 is 0 Å². The average molecular weight is 219 g/mol. The molecular weight excluding hydrogens is 198 g/mol. The van der Waals surface area contributed by atoms with Gasteiger partial charge in [0, 0.05) is 0 Å². The number of aryl methyl sites for hydroxylation is 2. The Kier molecular flexibility index (Phi) is 3.62. The molecule has 0 saturated heterocycles. The molecule has 0 heterocycles. The molecule has 1 fully saturated rings. The van der Waals surface area contributed by atoms with Crippen LogP contribution in [-0.4, -0.2) is 12.7 Å². The highest BCUT2D eigenvalue weighted by Crippen LogP contribution is 2.23. The Bertz CT molecular complexity index is 358. The van der Waals surface area contributed by atoms with E-state index in [0.717, 1.165) is 0 Å². The molecule has 0 aromatic heterocycles. The summed E-state index contributed by atoms with van der Waals surface area (Å²) in [5, 5.41) is 0. The molecule has 0 spiro atoms. The third-order valence-electron chi connectivity index (χ3n) is 3.52. The number of ether oxygens (including phenoxy) is 1. The van der Waals surface area contributed by atoms with E-state index in [2.05, 4.69) is 32.0 Å². The second kappa shape index (κ2) is 4.98. The van der Waals surface area contributed by atoms with Crippen LogP contribution in [0.2, 0.25) is 0 Å². The minimum atomic E-state index is 0.0138. The summed E-state index contributed by atoms with van der Waals surface area (Å²) in [6.45, 7) is 4.89. The topological polar surface area (TPSA) is 35.2 Å². The predicted octanol–water partition coefficient (Wildman–Crippen LogP) is 2.87. The first-order valence-corrected chi connectivity index (χ1v) is 6.11. The third-order valence-corrected chi connectivity index (χ3v) is 3.52. The van der Waals surface area contributed by atoms with Crippen molar-refractivity contribution in [2.45, 2.75) is 45.3 Å². The van der Waals surface area contributed by atoms with Gasteiger partial charge in [-0.3, -0.25) is 0 Å². The second-order valence-corrected chi connectivity index (χ2v) is 4.84. The van der Waals surface area contributed by atoms with Gasteiger partial charge in [-0.05, 0) is 49.8 Å². The molecule has 1 aromatic rings. The van der Waals surface area contributed by atoms with E-state index in [4.69, 9.17) is 10.5 Å². The van der Waals surface area contributed by atoms with E-state index in [1.54, 1.807) is 0 Å². The maximum absolute atomic E-state index is 6.12. The van der Waals surface area contributed by atoms with Crippen molar-refractivity contribution in [2.24, 2.45) is 5.73 Å². The predicted molar refractivity (Wildman–Crippen MR) is 66.4 cm³/mol. The van der Waals surface area contributed by atoms with E-state index in [-0.39, 0.29) is 6.04 Å². The second-order valence-electron chi connectivity index (χ2n) is 4.84. The molecule has 1 aliphatic carbocycles. The van der Waals surface area contributed by atoms with Crippen LogP contribution in [-0.2, 0) is 4.74 Å². The van der Waals surface area contributed by atoms with Gasteiger partial charge < -0.3 is 10.5 Å². The molecule has 0 bridgehead atoms. The van der Waals surface area contributed by atoms with Crippen molar-refractivity contribution in [1.29, 1.82) is 0 Å². The molecule has 2 nitrogen and oxygen atoms in total. The molecule has 1 atom stereocenters. The van der Waals surface area contributed by atoms with Gasteiger partial charge in [0.05, 0.1) is 18.8 Å². The Balaban J connectivity index is 1.91. The van der Waals surface area contributed by atoms with Crippen molar-refractivity contribution in [3.8, 4) is 0 Å². The summed E-state index contributed by atoms with van der Waals surface area (Å²) in [5.41, 5.74) is 9.92. The highest BCUT2D eigenvalue weighted by molar-refractivity contribution is 5.31. The first-order valence-electron chi connectivity index (χ1n) is 6.11. The summed E-state index contributed by atoms with van der Waals surface area (Å²) in [4.78, 5) is 0. The molecule has 0 radical (unpaired) electrons. The normalized spacial score (nSPS) is 18.2. The molecule has 1 unspecified atom stereocenters. The van der Waals surface area contributed by atoms with Crippen LogP contribution in [0.4, 0.5) is 0 Å². The van der Waals surface area contributed by atoms with E-state index in [1.807, 2.05) is 0 Å². The van der Waals surface area contributed by atoms with Crippen LogP contribution < -0.4 is 5.73 Å². The lowest BCUT2D eigenvalue weighted by atomic mass is 9.96. The summed E-state index contributed by atoms with van der Waals surface area (Å²) < 4.78 is 5.74. The minimum absolute atomic E-state index is 0.0138. The Morgan fingerprint density at radius 1 is 1.31 bits per heavy atom. The average Bonchev–Trinajstić information content (AvgIpc) is 2.19. The Hall–Kier alpha value is -0.860. The largest absolute Gasteiger partial charge is 0.376 e. The van der Waals surface area contributed by atoms with Crippen LogP contribution in [0.15, 0.2) is 18.2 Å². The standard InChI is InChI=1S/C14H21NO/c1-10-6-7-12(8-11(10)2)14(15)9-16-13-4-3-5-13/h6-8,13-14H,3-5,9,15H2,1-2H3. The molecule has 1 aliphatic rings. The van der Waals surface area contributed by atoms with E-state index >= 15 is 0 Å². The number of nitrogens with two attached hydrogens (primary N) is 1. The number of rotatable bonds is 4. The van der Waals surface area contributed by atoms with Crippen LogP contribution in [0.3, 0.4) is 0 Å². The van der Waals surface area contributed by atoms with Crippen molar-refractivity contribution in [3.63, 3.8) is 0 Å². The lowest BCUT2D eigenvalue weighted by molar-refractivity contribution is -0.00445. The van der Waals surface area contributed by atoms with Crippen LogP contribution in [0.25, 0.3) is 0 Å². The minimum Gasteiger partial charge on any atom is -0.376 e. The van der Waals surface area contributed by atoms with Gasteiger partial charge in [0.25, 0.3) is 0 Å². The highest BCUT2D eigenvalue weighted by Gasteiger charge is 2.19. The molecular formula is C14H21NO. The van der Waals surface area contributed by atoms with Gasteiger partial charge in [-0.15, -0.1) is 0 Å². The zero-order chi connectivity index (χ0) is 11.5. The zero-order valence-electron chi connectivity index (χ0n) is 10.2. The Morgan fingerprint density at radius 2 is 2.06 bits per heavy atom. The van der Waals surface area contributed by atoms with E-state index in [9.17, 15) is 0 Å². The Morgan fingerprint density at radius 3 is 2.62 bits per heavy atom. The molecule has 2 N–H and O–H groups in total. The summed E-state index contributed by atoms with van der Waals surface area (Å²) in [6, 6.07) is 6.43. The maximum Gasteiger partial charge on any atom is 0.0663 e. The summed E-state index contributed by atoms with van der Waals surface area (Å²) in [5.74, 6) is 0. The molecule has 88 valence electrons. The SMILES string of the molecule is Cc1ccc(C(N)COC2CCC2)cc1C. The van der Waals surface area contributed by atoms with Gasteiger partial charge in [-0.25, -0.2) is 0 Å². The monoisotopic (exact) mass is 219 g/mol. The first-order chi connectivity index (χ1) is 7.66. The molecule has 2 heteroatoms. The zero-order valence-corrected chi connectivity index (χ0v) is 10.2. The van der Waals surface area contributed by atoms with Crippen molar-refractivity contribution in [1.82, 2.24) is 0 Å². The molecule has 16 heavy (non-hydrogen) atoms. The molecule has 1 aromatic carbocycles. The summed E-state index contributed by atoms with van der Waals surface area (Å²) >= 11 is 0. The number of benzene rings is 1. The number of hydrogen-bond acceptors (Lipinski definition) is 2. The third kappa shape index (κ3) is 2.63. The van der Waals surface area contributed by atoms with Gasteiger partial charge in [0.2, 0.25) is 0 Å². The van der Waals surface area contributed by atoms with Crippen molar-refractivity contribution in [3.05, 3.63) is 34.9 Å². The van der Waals surface area contributed by atoms with Crippen molar-refractivity contribution in [2.75, 3.05) is 6.61 Å². The fourth-order valence-electron chi connectivity index (χ4n) is 1.87. The maximum atomic E-state index is 6.12. The highest BCUT2D eigenvalue weighted by atomic mass is 16.5. The van der Waals surface area contributed by atoms with E-state index in [0.29, 0.717) is 12.7 Å². The lowest BCUT2D eigenvalue weighted by Crippen LogP contribution is -2.26. The number of hydrogen-bond donors (Lipinski definition) is 1. The lowest BCUT2D eigenvalue weighted by Gasteiger charge is -2.27. The quantitative estimate of drug-likeness (QED) is 0.845. The molecule has 0 amide bonds. The first kappa shape index (κ1) is 11.6. The van der Waals surface area contributed by atoms with Gasteiger partial charge in [-0.1, -0.05) is 18.2 Å². The Labute approximate surface area is 97.8 Å². The summed E-state index contributed by atoms with van der Waals surface area (Å²) in [7, 11) is 0. The van der Waals surface area contributed by atoms with Gasteiger partial charge in [-0.2, -0.15) is 0 Å². The molecule has 1 saturated carbocycles. The van der Waals surface area contributed by atoms with Crippen molar-refractivity contribution < 1.29 is 4.74 Å². The van der Waals surface area contributed by atoms with E-state index in [1.165, 1.54) is 36.0 Å². The van der Waals surface area contributed by atoms with Gasteiger partial charge in [0.1, 0.15) is 0 Å². The smallest absolute Gasteiger partial charge is 0.0663 e. The van der Waals surface area contributed by atoms with Crippen molar-refractivity contribution >= 4 is 0 Å². The molecule has 0 aliphatic heterocycles. The van der Waals surface area contributed by atoms with Crippen LogP contribution in [0.5, 0.6) is 0 Å². The summed E-state index contributed by atoms with van der Waals surface area (Å²) in [6.07, 6.45) is 4.20. The fourth-order valence-corrected chi connectivity index (χ4v) is 1.87.